The largest absolute Gasteiger partial charge is 0.375 e. The third kappa shape index (κ3) is 2.80. The number of nitrogens with zero attached hydrogens (tertiary/aromatic N) is 1. The van der Waals surface area contributed by atoms with Crippen LogP contribution in [0.5, 0.6) is 0 Å². The van der Waals surface area contributed by atoms with Gasteiger partial charge in [-0.1, -0.05) is 30.3 Å². The lowest BCUT2D eigenvalue weighted by molar-refractivity contribution is -0.121. The molecule has 0 aliphatic carbocycles. The van der Waals surface area contributed by atoms with Crippen molar-refractivity contribution in [1.82, 2.24) is 4.90 Å². The number of methoxy groups -OCH3 is 1. The maximum absolute atomic E-state index is 10.7. The molecule has 2 unspecified atom stereocenters. The number of hydrogen-bond acceptors (Lipinski definition) is 2. The number of ether oxygens (including phenoxy) is 1. The Balaban J connectivity index is 2.84. The van der Waals surface area contributed by atoms with E-state index in [4.69, 9.17) is 4.74 Å². The van der Waals surface area contributed by atoms with Crippen molar-refractivity contribution in [3.05, 3.63) is 35.9 Å². The fourth-order valence-electron chi connectivity index (χ4n) is 1.56. The first kappa shape index (κ1) is 11.7. The monoisotopic (exact) mass is 207 g/mol. The lowest BCUT2D eigenvalue weighted by Gasteiger charge is -2.28. The molecule has 3 heteroatoms. The van der Waals surface area contributed by atoms with E-state index in [0.29, 0.717) is 0 Å². The molecule has 0 aromatic heterocycles. The van der Waals surface area contributed by atoms with Gasteiger partial charge in [0.25, 0.3) is 0 Å². The summed E-state index contributed by atoms with van der Waals surface area (Å²) in [6.45, 7) is 1.97. The summed E-state index contributed by atoms with van der Waals surface area (Å²) < 4.78 is 5.42. The Labute approximate surface area is 90.7 Å². The lowest BCUT2D eigenvalue weighted by atomic mass is 10.0. The van der Waals surface area contributed by atoms with E-state index in [1.165, 1.54) is 0 Å². The second-order valence-electron chi connectivity index (χ2n) is 3.58. The maximum atomic E-state index is 10.7. The third-order valence-electron chi connectivity index (χ3n) is 2.63. The van der Waals surface area contributed by atoms with Crippen LogP contribution in [0.1, 0.15) is 18.6 Å². The summed E-state index contributed by atoms with van der Waals surface area (Å²) in [5, 5.41) is 0. The average molecular weight is 207 g/mol. The van der Waals surface area contributed by atoms with E-state index in [2.05, 4.69) is 0 Å². The van der Waals surface area contributed by atoms with E-state index < -0.39 is 0 Å². The minimum Gasteiger partial charge on any atom is -0.375 e. The minimum absolute atomic E-state index is 0.0231. The highest BCUT2D eigenvalue weighted by Crippen LogP contribution is 2.22. The molecular weight excluding hydrogens is 190 g/mol. The molecule has 0 aliphatic heterocycles. The summed E-state index contributed by atoms with van der Waals surface area (Å²) in [5.74, 6) is 0. The van der Waals surface area contributed by atoms with Gasteiger partial charge in [0.15, 0.2) is 0 Å². The Kier molecular flexibility index (Phi) is 4.31. The van der Waals surface area contributed by atoms with Crippen molar-refractivity contribution < 1.29 is 9.53 Å². The van der Waals surface area contributed by atoms with Crippen molar-refractivity contribution in [2.24, 2.45) is 0 Å². The Morgan fingerprint density at radius 2 is 1.93 bits per heavy atom. The predicted octanol–water partition coefficient (Wildman–Crippen LogP) is 1.85. The second-order valence-corrected chi connectivity index (χ2v) is 3.58. The molecule has 0 radical (unpaired) electrons. The van der Waals surface area contributed by atoms with Gasteiger partial charge >= 0.3 is 0 Å². The van der Waals surface area contributed by atoms with E-state index in [0.717, 1.165) is 12.0 Å². The standard InChI is InChI=1S/C12H17NO2/c1-10(13(2)9-14)12(15-3)11-7-5-4-6-8-11/h4-10,12H,1-3H3. The molecule has 3 nitrogen and oxygen atoms in total. The summed E-state index contributed by atoms with van der Waals surface area (Å²) >= 11 is 0. The van der Waals surface area contributed by atoms with Crippen LogP contribution in [0.4, 0.5) is 0 Å². The van der Waals surface area contributed by atoms with E-state index in [9.17, 15) is 4.79 Å². The quantitative estimate of drug-likeness (QED) is 0.690. The highest BCUT2D eigenvalue weighted by atomic mass is 16.5. The van der Waals surface area contributed by atoms with Crippen molar-refractivity contribution in [3.8, 4) is 0 Å². The van der Waals surface area contributed by atoms with Crippen LogP contribution in [0.3, 0.4) is 0 Å². The van der Waals surface area contributed by atoms with Gasteiger partial charge < -0.3 is 9.64 Å². The average Bonchev–Trinajstić information content (AvgIpc) is 2.30. The molecule has 0 fully saturated rings. The number of benzene rings is 1. The third-order valence-corrected chi connectivity index (χ3v) is 2.63. The van der Waals surface area contributed by atoms with Gasteiger partial charge in [0, 0.05) is 14.2 Å². The molecule has 1 rings (SSSR count). The number of likely N-dealkylation sites (N-methyl/N-ethyl adjacent to an activating group) is 1. The number of carbonyl (C=O) groups is 1. The first-order chi connectivity index (χ1) is 7.20. The molecule has 0 saturated carbocycles. The van der Waals surface area contributed by atoms with Crippen molar-refractivity contribution >= 4 is 6.41 Å². The SMILES string of the molecule is COC(c1ccccc1)C(C)N(C)C=O. The number of hydrogen-bond donors (Lipinski definition) is 0. The molecule has 0 bridgehead atoms. The molecule has 0 heterocycles. The zero-order valence-corrected chi connectivity index (χ0v) is 9.38. The normalized spacial score (nSPS) is 14.3. The minimum atomic E-state index is -0.0820. The predicted molar refractivity (Wildman–Crippen MR) is 59.5 cm³/mol. The van der Waals surface area contributed by atoms with Crippen molar-refractivity contribution in [2.75, 3.05) is 14.2 Å². The van der Waals surface area contributed by atoms with Crippen molar-refractivity contribution in [3.63, 3.8) is 0 Å². The smallest absolute Gasteiger partial charge is 0.209 e. The Morgan fingerprint density at radius 1 is 1.33 bits per heavy atom. The van der Waals surface area contributed by atoms with E-state index in [1.807, 2.05) is 37.3 Å². The second kappa shape index (κ2) is 5.51. The van der Waals surface area contributed by atoms with Crippen LogP contribution in [-0.2, 0) is 9.53 Å². The Morgan fingerprint density at radius 3 is 2.40 bits per heavy atom. The molecule has 0 spiro atoms. The van der Waals surface area contributed by atoms with Gasteiger partial charge in [-0.25, -0.2) is 0 Å². The van der Waals surface area contributed by atoms with Crippen LogP contribution in [0, 0.1) is 0 Å². The van der Waals surface area contributed by atoms with E-state index in [-0.39, 0.29) is 12.1 Å². The number of carbonyl (C=O) groups excluding carboxylic acids is 1. The number of rotatable bonds is 5. The van der Waals surface area contributed by atoms with Gasteiger partial charge in [-0.2, -0.15) is 0 Å². The van der Waals surface area contributed by atoms with Crippen LogP contribution < -0.4 is 0 Å². The molecule has 15 heavy (non-hydrogen) atoms. The fraction of sp³-hybridized carbons (Fsp3) is 0.417. The van der Waals surface area contributed by atoms with Crippen LogP contribution in [0.25, 0.3) is 0 Å². The van der Waals surface area contributed by atoms with Gasteiger partial charge in [-0.3, -0.25) is 4.79 Å². The Hall–Kier alpha value is -1.35. The highest BCUT2D eigenvalue weighted by Gasteiger charge is 2.21. The van der Waals surface area contributed by atoms with E-state index in [1.54, 1.807) is 19.1 Å². The molecule has 0 aliphatic rings. The molecule has 1 amide bonds. The van der Waals surface area contributed by atoms with Gasteiger partial charge in [-0.15, -0.1) is 0 Å². The summed E-state index contributed by atoms with van der Waals surface area (Å²) in [5.41, 5.74) is 1.08. The van der Waals surface area contributed by atoms with Gasteiger partial charge in [0.1, 0.15) is 6.10 Å². The van der Waals surface area contributed by atoms with Crippen LogP contribution in [0.15, 0.2) is 30.3 Å². The first-order valence-electron chi connectivity index (χ1n) is 4.95. The topological polar surface area (TPSA) is 29.5 Å². The van der Waals surface area contributed by atoms with Crippen LogP contribution in [0.2, 0.25) is 0 Å². The zero-order valence-electron chi connectivity index (χ0n) is 9.38. The number of amides is 1. The summed E-state index contributed by atoms with van der Waals surface area (Å²) in [6.07, 6.45) is 0.737. The molecular formula is C12H17NO2. The molecule has 0 saturated heterocycles. The molecule has 1 aromatic rings. The maximum Gasteiger partial charge on any atom is 0.209 e. The summed E-state index contributed by atoms with van der Waals surface area (Å²) in [6, 6.07) is 9.93. The van der Waals surface area contributed by atoms with Crippen molar-refractivity contribution in [1.29, 1.82) is 0 Å². The zero-order chi connectivity index (χ0) is 11.3. The van der Waals surface area contributed by atoms with Gasteiger partial charge in [0.05, 0.1) is 6.04 Å². The molecule has 1 aromatic carbocycles. The lowest BCUT2D eigenvalue weighted by Crippen LogP contribution is -2.34. The Bertz CT molecular complexity index is 300. The molecule has 82 valence electrons. The van der Waals surface area contributed by atoms with Crippen molar-refractivity contribution in [2.45, 2.75) is 19.1 Å². The first-order valence-corrected chi connectivity index (χ1v) is 4.95. The fourth-order valence-corrected chi connectivity index (χ4v) is 1.56. The van der Waals surface area contributed by atoms with Gasteiger partial charge in [0.2, 0.25) is 6.41 Å². The molecule has 0 N–H and O–H groups in total. The summed E-state index contributed by atoms with van der Waals surface area (Å²) in [7, 11) is 3.42. The van der Waals surface area contributed by atoms with Crippen LogP contribution in [-0.4, -0.2) is 31.5 Å². The molecule has 2 atom stereocenters. The summed E-state index contributed by atoms with van der Waals surface area (Å²) in [4.78, 5) is 12.3. The van der Waals surface area contributed by atoms with Crippen LogP contribution >= 0.6 is 0 Å². The van der Waals surface area contributed by atoms with E-state index >= 15 is 0 Å². The highest BCUT2D eigenvalue weighted by molar-refractivity contribution is 5.47. The van der Waals surface area contributed by atoms with Gasteiger partial charge in [-0.05, 0) is 12.5 Å².